The van der Waals surface area contributed by atoms with Crippen LogP contribution in [0.1, 0.15) is 10.4 Å². The van der Waals surface area contributed by atoms with Gasteiger partial charge in [-0.15, -0.1) is 0 Å². The van der Waals surface area contributed by atoms with Crippen LogP contribution in [0.5, 0.6) is 0 Å². The Morgan fingerprint density at radius 3 is 2.31 bits per heavy atom. The number of amides is 2. The van der Waals surface area contributed by atoms with Crippen molar-refractivity contribution in [3.05, 3.63) is 64.2 Å². The van der Waals surface area contributed by atoms with Crippen LogP contribution in [0.15, 0.2) is 48.5 Å². The highest BCUT2D eigenvalue weighted by Gasteiger charge is 2.21. The molecule has 0 aliphatic rings. The highest BCUT2D eigenvalue weighted by Crippen LogP contribution is 2.28. The van der Waals surface area contributed by atoms with Gasteiger partial charge in [0.2, 0.25) is 5.91 Å². The summed E-state index contributed by atoms with van der Waals surface area (Å²) in [7, 11) is 4.84. The van der Waals surface area contributed by atoms with E-state index in [0.717, 1.165) is 0 Å². The zero-order chi connectivity index (χ0) is 19.3. The second kappa shape index (κ2) is 8.11. The maximum Gasteiger partial charge on any atom is 0.293 e. The second-order valence-corrected chi connectivity index (χ2v) is 5.93. The molecule has 0 spiro atoms. The largest absolute Gasteiger partial charge is 0.372 e. The monoisotopic (exact) mass is 356 g/mol. The first-order chi connectivity index (χ1) is 12.3. The summed E-state index contributed by atoms with van der Waals surface area (Å²) in [5.41, 5.74) is 1.01. The Morgan fingerprint density at radius 1 is 1.08 bits per heavy atom. The highest BCUT2D eigenvalue weighted by atomic mass is 16.6. The Balaban J connectivity index is 2.11. The molecular formula is C18H20N4O4. The molecule has 8 nitrogen and oxygen atoms in total. The number of nitro groups is 1. The lowest BCUT2D eigenvalue weighted by Crippen LogP contribution is -2.35. The van der Waals surface area contributed by atoms with Crippen molar-refractivity contribution < 1.29 is 14.5 Å². The standard InChI is InChI=1S/C18H20N4O4/c1-20(2)15-10-9-13(11-16(15)22(25)26)18(24)21(3)12-17(23)19-14-7-5-4-6-8-14/h4-11H,12H2,1-3H3,(H,19,23). The first-order valence-corrected chi connectivity index (χ1v) is 7.85. The normalized spacial score (nSPS) is 10.1. The molecule has 2 rings (SSSR count). The molecule has 2 aromatic carbocycles. The van der Waals surface area contributed by atoms with Crippen molar-refractivity contribution in [1.29, 1.82) is 0 Å². The van der Waals surface area contributed by atoms with Crippen LogP contribution in [0.4, 0.5) is 17.1 Å². The molecule has 0 heterocycles. The molecule has 0 saturated carbocycles. The lowest BCUT2D eigenvalue weighted by molar-refractivity contribution is -0.384. The first kappa shape index (κ1) is 18.9. The number of hydrogen-bond acceptors (Lipinski definition) is 5. The predicted octanol–water partition coefficient (Wildman–Crippen LogP) is 2.37. The van der Waals surface area contributed by atoms with Gasteiger partial charge in [-0.1, -0.05) is 18.2 Å². The van der Waals surface area contributed by atoms with Gasteiger partial charge >= 0.3 is 0 Å². The minimum Gasteiger partial charge on any atom is -0.372 e. The lowest BCUT2D eigenvalue weighted by atomic mass is 10.1. The zero-order valence-electron chi connectivity index (χ0n) is 14.8. The van der Waals surface area contributed by atoms with Crippen molar-refractivity contribution in [3.63, 3.8) is 0 Å². The number of carbonyl (C=O) groups is 2. The number of nitrogens with zero attached hydrogens (tertiary/aromatic N) is 3. The third kappa shape index (κ3) is 4.56. The molecule has 0 aliphatic heterocycles. The van der Waals surface area contributed by atoms with E-state index in [0.29, 0.717) is 11.4 Å². The summed E-state index contributed by atoms with van der Waals surface area (Å²) >= 11 is 0. The molecule has 0 atom stereocenters. The number of anilines is 2. The molecule has 0 fully saturated rings. The number of nitro benzene ring substituents is 1. The first-order valence-electron chi connectivity index (χ1n) is 7.85. The fourth-order valence-corrected chi connectivity index (χ4v) is 2.41. The van der Waals surface area contributed by atoms with Crippen molar-refractivity contribution >= 4 is 28.9 Å². The maximum atomic E-state index is 12.5. The van der Waals surface area contributed by atoms with Gasteiger partial charge in [-0.2, -0.15) is 0 Å². The fraction of sp³-hybridized carbons (Fsp3) is 0.222. The van der Waals surface area contributed by atoms with E-state index in [1.54, 1.807) is 43.3 Å². The summed E-state index contributed by atoms with van der Waals surface area (Å²) in [6.45, 7) is -0.170. The van der Waals surface area contributed by atoms with Gasteiger partial charge < -0.3 is 15.1 Å². The quantitative estimate of drug-likeness (QED) is 0.633. The molecule has 0 bridgehead atoms. The van der Waals surface area contributed by atoms with Gasteiger partial charge in [-0.25, -0.2) is 0 Å². The Labute approximate surface area is 151 Å². The molecule has 0 radical (unpaired) electrons. The summed E-state index contributed by atoms with van der Waals surface area (Å²) in [6.07, 6.45) is 0. The average molecular weight is 356 g/mol. The highest BCUT2D eigenvalue weighted by molar-refractivity contribution is 6.00. The number of carbonyl (C=O) groups excluding carboxylic acids is 2. The maximum absolute atomic E-state index is 12.5. The number of nitrogens with one attached hydrogen (secondary N) is 1. The number of para-hydroxylation sites is 1. The van der Waals surface area contributed by atoms with Crippen LogP contribution in [0, 0.1) is 10.1 Å². The van der Waals surface area contributed by atoms with Gasteiger partial charge in [-0.05, 0) is 24.3 Å². The van der Waals surface area contributed by atoms with Crippen molar-refractivity contribution in [2.45, 2.75) is 0 Å². The van der Waals surface area contributed by atoms with E-state index in [2.05, 4.69) is 5.32 Å². The molecule has 8 heteroatoms. The third-order valence-electron chi connectivity index (χ3n) is 3.69. The van der Waals surface area contributed by atoms with E-state index in [9.17, 15) is 19.7 Å². The number of likely N-dealkylation sites (N-methyl/N-ethyl adjacent to an activating group) is 1. The molecule has 136 valence electrons. The van der Waals surface area contributed by atoms with Crippen molar-refractivity contribution in [2.75, 3.05) is 37.9 Å². The second-order valence-electron chi connectivity index (χ2n) is 5.93. The molecule has 0 aromatic heterocycles. The minimum atomic E-state index is -0.534. The molecule has 26 heavy (non-hydrogen) atoms. The number of rotatable bonds is 6. The summed E-state index contributed by atoms with van der Waals surface area (Å²) in [5, 5.41) is 13.9. The van der Waals surface area contributed by atoms with E-state index < -0.39 is 10.8 Å². The van der Waals surface area contributed by atoms with E-state index in [1.807, 2.05) is 6.07 Å². The molecule has 2 amide bonds. The van der Waals surface area contributed by atoms with Crippen molar-refractivity contribution in [1.82, 2.24) is 4.90 Å². The SMILES string of the molecule is CN(CC(=O)Nc1ccccc1)C(=O)c1ccc(N(C)C)c([N+](=O)[O-])c1. The Morgan fingerprint density at radius 2 is 1.73 bits per heavy atom. The van der Waals surface area contributed by atoms with Gasteiger partial charge in [0.1, 0.15) is 5.69 Å². The number of benzene rings is 2. The summed E-state index contributed by atoms with van der Waals surface area (Å²) in [5.74, 6) is -0.826. The summed E-state index contributed by atoms with van der Waals surface area (Å²) in [4.78, 5) is 38.1. The van der Waals surface area contributed by atoms with Gasteiger partial charge in [-0.3, -0.25) is 19.7 Å². The van der Waals surface area contributed by atoms with Crippen molar-refractivity contribution in [2.24, 2.45) is 0 Å². The van der Waals surface area contributed by atoms with E-state index in [4.69, 9.17) is 0 Å². The average Bonchev–Trinajstić information content (AvgIpc) is 2.61. The Hall–Kier alpha value is -3.42. The van der Waals surface area contributed by atoms with Crippen LogP contribution < -0.4 is 10.2 Å². The topological polar surface area (TPSA) is 95.8 Å². The van der Waals surface area contributed by atoms with E-state index in [1.165, 1.54) is 30.1 Å². The predicted molar refractivity (Wildman–Crippen MR) is 99.5 cm³/mol. The molecule has 0 aliphatic carbocycles. The smallest absolute Gasteiger partial charge is 0.293 e. The van der Waals surface area contributed by atoms with Crippen LogP contribution in [0.2, 0.25) is 0 Å². The van der Waals surface area contributed by atoms with E-state index >= 15 is 0 Å². The van der Waals surface area contributed by atoms with E-state index in [-0.39, 0.29) is 23.7 Å². The third-order valence-corrected chi connectivity index (χ3v) is 3.69. The van der Waals surface area contributed by atoms with Crippen LogP contribution in [-0.4, -0.2) is 49.3 Å². The van der Waals surface area contributed by atoms with Crippen molar-refractivity contribution in [3.8, 4) is 0 Å². The summed E-state index contributed by atoms with van der Waals surface area (Å²) in [6, 6.07) is 13.1. The van der Waals surface area contributed by atoms with Crippen LogP contribution in [0.3, 0.4) is 0 Å². The van der Waals surface area contributed by atoms with Gasteiger partial charge in [0.05, 0.1) is 11.5 Å². The molecule has 2 aromatic rings. The Kier molecular flexibility index (Phi) is 5.90. The zero-order valence-corrected chi connectivity index (χ0v) is 14.8. The molecule has 0 unspecified atom stereocenters. The lowest BCUT2D eigenvalue weighted by Gasteiger charge is -2.18. The fourth-order valence-electron chi connectivity index (χ4n) is 2.41. The van der Waals surface area contributed by atoms with Gasteiger partial charge in [0, 0.05) is 38.5 Å². The molecule has 1 N–H and O–H groups in total. The number of hydrogen-bond donors (Lipinski definition) is 1. The molecular weight excluding hydrogens is 336 g/mol. The minimum absolute atomic E-state index is 0.150. The van der Waals surface area contributed by atoms with Crippen LogP contribution in [0.25, 0.3) is 0 Å². The molecule has 0 saturated heterocycles. The van der Waals surface area contributed by atoms with Gasteiger partial charge in [0.25, 0.3) is 11.6 Å². The van der Waals surface area contributed by atoms with Gasteiger partial charge in [0.15, 0.2) is 0 Å². The van der Waals surface area contributed by atoms with Crippen LogP contribution >= 0.6 is 0 Å². The summed E-state index contributed by atoms with van der Waals surface area (Å²) < 4.78 is 0. The van der Waals surface area contributed by atoms with Crippen LogP contribution in [-0.2, 0) is 4.79 Å². The Bertz CT molecular complexity index is 821.